The van der Waals surface area contributed by atoms with E-state index in [1.807, 2.05) is 0 Å². The van der Waals surface area contributed by atoms with Gasteiger partial charge in [0.25, 0.3) is 5.69 Å². The van der Waals surface area contributed by atoms with Crippen molar-refractivity contribution in [3.8, 4) is 0 Å². The Morgan fingerprint density at radius 1 is 1.31 bits per heavy atom. The Balaban J connectivity index is 2.78. The molecule has 84 valence electrons. The molecule has 0 N–H and O–H groups in total. The summed E-state index contributed by atoms with van der Waals surface area (Å²) in [5.74, 6) is -0.252. The Labute approximate surface area is 91.6 Å². The van der Waals surface area contributed by atoms with E-state index in [4.69, 9.17) is 0 Å². The van der Waals surface area contributed by atoms with Crippen LogP contribution in [0.5, 0.6) is 0 Å². The number of nitro benzene ring substituents is 1. The van der Waals surface area contributed by atoms with Crippen molar-refractivity contribution in [2.45, 2.75) is 6.42 Å². The molecule has 0 amide bonds. The first-order chi connectivity index (χ1) is 7.50. The van der Waals surface area contributed by atoms with Gasteiger partial charge in [0.2, 0.25) is 0 Å². The first kappa shape index (κ1) is 11.8. The van der Waals surface area contributed by atoms with Gasteiger partial charge in [-0.2, -0.15) is 0 Å². The number of carbonyl (C=O) groups is 1. The second-order valence-electron chi connectivity index (χ2n) is 3.16. The summed E-state index contributed by atoms with van der Waals surface area (Å²) in [4.78, 5) is 21.3. The lowest BCUT2D eigenvalue weighted by atomic mass is 10.1. The first-order valence-electron chi connectivity index (χ1n) is 4.51. The van der Waals surface area contributed by atoms with Gasteiger partial charge in [-0.1, -0.05) is 0 Å². The topological polar surface area (TPSA) is 86.3 Å². The van der Waals surface area contributed by atoms with Crippen LogP contribution in [0.1, 0.15) is 16.8 Å². The number of nitrogens with zero attached hydrogens (tertiary/aromatic N) is 2. The number of non-ortho nitro benzene ring substituents is 1. The Bertz CT molecular complexity index is 433. The van der Waals surface area contributed by atoms with Crippen molar-refractivity contribution < 1.29 is 14.5 Å². The van der Waals surface area contributed by atoms with Crippen LogP contribution in [-0.2, 0) is 0 Å². The molecule has 0 aromatic heterocycles. The molecule has 0 saturated heterocycles. The molecular weight excluding hydrogens is 212 g/mol. The second kappa shape index (κ2) is 5.01. The lowest BCUT2D eigenvalue weighted by molar-refractivity contribution is -0.418. The van der Waals surface area contributed by atoms with Gasteiger partial charge in [0, 0.05) is 17.7 Å². The number of Topliss-reactive ketones (excluding diaryl/α,β-unsaturated/α-hetero) is 1. The minimum atomic E-state index is -0.536. The van der Waals surface area contributed by atoms with Crippen LogP contribution in [0.25, 0.3) is 0 Å². The molecule has 0 aliphatic heterocycles. The number of hydrogen-bond donors (Lipinski definition) is 0. The third kappa shape index (κ3) is 3.16. The molecule has 0 heterocycles. The highest BCUT2D eigenvalue weighted by molar-refractivity contribution is 6.02. The maximum absolute atomic E-state index is 11.5. The molecule has 6 nitrogen and oxygen atoms in total. The van der Waals surface area contributed by atoms with E-state index < -0.39 is 4.92 Å². The molecule has 0 aliphatic rings. The number of hydroxylamine groups is 1. The monoisotopic (exact) mass is 222 g/mol. The van der Waals surface area contributed by atoms with Gasteiger partial charge in [0.15, 0.2) is 12.0 Å². The summed E-state index contributed by atoms with van der Waals surface area (Å²) < 4.78 is 0.545. The lowest BCUT2D eigenvalue weighted by Crippen LogP contribution is -2.04. The number of nitro groups is 1. The van der Waals surface area contributed by atoms with Crippen molar-refractivity contribution in [1.82, 2.24) is 0 Å². The molecule has 1 rings (SSSR count). The van der Waals surface area contributed by atoms with Crippen molar-refractivity contribution in [2.75, 3.05) is 7.05 Å². The fourth-order valence-electron chi connectivity index (χ4n) is 1.10. The van der Waals surface area contributed by atoms with E-state index in [1.165, 1.54) is 37.5 Å². The van der Waals surface area contributed by atoms with Gasteiger partial charge in [-0.25, -0.2) is 4.74 Å². The van der Waals surface area contributed by atoms with Gasteiger partial charge >= 0.3 is 0 Å². The number of carbonyl (C=O) groups excluding carboxylic acids is 1. The summed E-state index contributed by atoms with van der Waals surface area (Å²) in [6.07, 6.45) is 1.18. The predicted octanol–water partition coefficient (Wildman–Crippen LogP) is 1.38. The van der Waals surface area contributed by atoms with Crippen molar-refractivity contribution in [3.63, 3.8) is 0 Å². The average Bonchev–Trinajstić information content (AvgIpc) is 2.26. The molecule has 0 fully saturated rings. The predicted molar refractivity (Wildman–Crippen MR) is 57.7 cm³/mol. The molecule has 0 atom stereocenters. The van der Waals surface area contributed by atoms with Gasteiger partial charge in [0.1, 0.15) is 7.05 Å². The van der Waals surface area contributed by atoms with Crippen LogP contribution in [0.2, 0.25) is 0 Å². The summed E-state index contributed by atoms with van der Waals surface area (Å²) in [6, 6.07) is 5.26. The zero-order valence-electron chi connectivity index (χ0n) is 8.62. The molecule has 0 saturated carbocycles. The van der Waals surface area contributed by atoms with Crippen LogP contribution < -0.4 is 0 Å². The van der Waals surface area contributed by atoms with Crippen LogP contribution in [0.15, 0.2) is 24.3 Å². The molecule has 0 aliphatic carbocycles. The summed E-state index contributed by atoms with van der Waals surface area (Å²) >= 11 is 0. The van der Waals surface area contributed by atoms with Crippen molar-refractivity contribution in [2.24, 2.45) is 0 Å². The summed E-state index contributed by atoms with van der Waals surface area (Å²) in [6.45, 7) is 0. The van der Waals surface area contributed by atoms with Crippen molar-refractivity contribution >= 4 is 17.7 Å². The minimum Gasteiger partial charge on any atom is -0.624 e. The number of benzene rings is 1. The van der Waals surface area contributed by atoms with E-state index in [2.05, 4.69) is 0 Å². The minimum absolute atomic E-state index is 0.0161. The van der Waals surface area contributed by atoms with Crippen LogP contribution in [-0.4, -0.2) is 28.7 Å². The number of rotatable bonds is 4. The van der Waals surface area contributed by atoms with Crippen LogP contribution in [0.4, 0.5) is 5.69 Å². The normalized spacial score (nSPS) is 11.2. The number of ketones is 1. The quantitative estimate of drug-likeness (QED) is 0.192. The van der Waals surface area contributed by atoms with Crippen molar-refractivity contribution in [3.05, 3.63) is 45.2 Å². The summed E-state index contributed by atoms with van der Waals surface area (Å²) in [5.41, 5.74) is 0.283. The van der Waals surface area contributed by atoms with Gasteiger partial charge in [-0.05, 0) is 12.1 Å². The fraction of sp³-hybridized carbons (Fsp3) is 0.200. The van der Waals surface area contributed by atoms with Crippen LogP contribution >= 0.6 is 0 Å². The van der Waals surface area contributed by atoms with Crippen LogP contribution in [0, 0.1) is 15.3 Å². The highest BCUT2D eigenvalue weighted by Gasteiger charge is 2.09. The molecule has 1 aromatic rings. The zero-order valence-corrected chi connectivity index (χ0v) is 8.62. The fourth-order valence-corrected chi connectivity index (χ4v) is 1.10. The van der Waals surface area contributed by atoms with Gasteiger partial charge in [-0.15, -0.1) is 0 Å². The van der Waals surface area contributed by atoms with Gasteiger partial charge < -0.3 is 5.21 Å². The molecule has 0 spiro atoms. The molecule has 1 aromatic carbocycles. The molecule has 0 unspecified atom stereocenters. The van der Waals surface area contributed by atoms with E-state index >= 15 is 0 Å². The molecular formula is C10H10N2O4. The highest BCUT2D eigenvalue weighted by atomic mass is 16.6. The molecule has 6 heteroatoms. The molecule has 0 bridgehead atoms. The van der Waals surface area contributed by atoms with E-state index in [-0.39, 0.29) is 17.9 Å². The van der Waals surface area contributed by atoms with Crippen molar-refractivity contribution in [1.29, 1.82) is 0 Å². The van der Waals surface area contributed by atoms with E-state index in [9.17, 15) is 20.1 Å². The Morgan fingerprint density at radius 2 is 1.88 bits per heavy atom. The summed E-state index contributed by atoms with van der Waals surface area (Å²) in [7, 11) is 1.28. The van der Waals surface area contributed by atoms with Crippen LogP contribution in [0.3, 0.4) is 0 Å². The maximum Gasteiger partial charge on any atom is 0.269 e. The standard InChI is InChI=1S/C10H10N2O4/c1-11(14)7-6-10(13)8-2-4-9(5-3-8)12(15)16/h2-5,7H,6H2,1H3/b11-7+. The Kier molecular flexibility index (Phi) is 3.71. The Morgan fingerprint density at radius 3 is 2.31 bits per heavy atom. The highest BCUT2D eigenvalue weighted by Crippen LogP contribution is 2.12. The second-order valence-corrected chi connectivity index (χ2v) is 3.16. The SMILES string of the molecule is C/[N+]([O-])=C\CC(=O)c1ccc([N+](=O)[O-])cc1. The summed E-state index contributed by atoms with van der Waals surface area (Å²) in [5, 5.41) is 20.9. The Hall–Kier alpha value is -2.24. The zero-order chi connectivity index (χ0) is 12.1. The smallest absolute Gasteiger partial charge is 0.269 e. The first-order valence-corrected chi connectivity index (χ1v) is 4.51. The maximum atomic E-state index is 11.5. The molecule has 0 radical (unpaired) electrons. The van der Waals surface area contributed by atoms with E-state index in [0.29, 0.717) is 10.3 Å². The average molecular weight is 222 g/mol. The largest absolute Gasteiger partial charge is 0.624 e. The third-order valence-electron chi connectivity index (χ3n) is 1.93. The van der Waals surface area contributed by atoms with Gasteiger partial charge in [0.05, 0.1) is 11.3 Å². The number of hydrogen-bond acceptors (Lipinski definition) is 4. The van der Waals surface area contributed by atoms with E-state index in [0.717, 1.165) is 0 Å². The van der Waals surface area contributed by atoms with Gasteiger partial charge in [-0.3, -0.25) is 14.9 Å². The van der Waals surface area contributed by atoms with E-state index in [1.54, 1.807) is 0 Å². The third-order valence-corrected chi connectivity index (χ3v) is 1.93. The molecule has 16 heavy (non-hydrogen) atoms. The lowest BCUT2D eigenvalue weighted by Gasteiger charge is -1.97.